The van der Waals surface area contributed by atoms with Gasteiger partial charge in [0.05, 0.1) is 5.52 Å². The number of para-hydroxylation sites is 1. The molecule has 0 fully saturated rings. The summed E-state index contributed by atoms with van der Waals surface area (Å²) in [4.78, 5) is 24.9. The molecule has 0 atom stereocenters. The van der Waals surface area contributed by atoms with E-state index in [0.717, 1.165) is 0 Å². The highest BCUT2D eigenvalue weighted by Crippen LogP contribution is 2.10. The van der Waals surface area contributed by atoms with Gasteiger partial charge in [-0.15, -0.1) is 0 Å². The largest absolute Gasteiger partial charge is 0.350 e. The van der Waals surface area contributed by atoms with Crippen LogP contribution < -0.4 is 10.7 Å². The first kappa shape index (κ1) is 16.8. The normalized spacial score (nSPS) is 10.8. The summed E-state index contributed by atoms with van der Waals surface area (Å²) in [6.07, 6.45) is 0.341. The van der Waals surface area contributed by atoms with E-state index in [-0.39, 0.29) is 18.1 Å². The van der Waals surface area contributed by atoms with Gasteiger partial charge in [0.25, 0.3) is 5.91 Å². The summed E-state index contributed by atoms with van der Waals surface area (Å²) in [5.74, 6) is -0.858. The number of aryl methyl sites for hydroxylation is 1. The molecule has 0 unspecified atom stereocenters. The van der Waals surface area contributed by atoms with Crippen LogP contribution in [0.4, 0.5) is 4.39 Å². The predicted octanol–water partition coefficient (Wildman–Crippen LogP) is 2.53. The van der Waals surface area contributed by atoms with Crippen LogP contribution in [-0.4, -0.2) is 22.2 Å². The van der Waals surface area contributed by atoms with Gasteiger partial charge in [0.1, 0.15) is 5.82 Å². The number of nitrogens with one attached hydrogen (secondary N) is 1. The van der Waals surface area contributed by atoms with Crippen molar-refractivity contribution in [2.75, 3.05) is 6.54 Å². The highest BCUT2D eigenvalue weighted by Gasteiger charge is 2.16. The molecule has 6 heteroatoms. The molecule has 1 N–H and O–H groups in total. The van der Waals surface area contributed by atoms with Crippen molar-refractivity contribution in [1.29, 1.82) is 0 Å². The van der Waals surface area contributed by atoms with Crippen LogP contribution in [0.5, 0.6) is 0 Å². The monoisotopic (exact) mass is 339 g/mol. The standard InChI is InChI=1S/C19H18FN3O2/c1-2-23-16-10-6-4-8-14(16)18(24)17(22-23)19(25)21-12-11-13-7-3-5-9-15(13)20/h3-10H,2,11-12H2,1H3,(H,21,25). The highest BCUT2D eigenvalue weighted by atomic mass is 19.1. The molecular formula is C19H18FN3O2. The molecule has 0 radical (unpaired) electrons. The molecule has 2 aromatic carbocycles. The van der Waals surface area contributed by atoms with Gasteiger partial charge < -0.3 is 5.32 Å². The number of amides is 1. The number of hydrogen-bond donors (Lipinski definition) is 1. The van der Waals surface area contributed by atoms with Gasteiger partial charge in [0.15, 0.2) is 5.69 Å². The quantitative estimate of drug-likeness (QED) is 0.777. The number of aromatic nitrogens is 2. The minimum Gasteiger partial charge on any atom is -0.350 e. The summed E-state index contributed by atoms with van der Waals surface area (Å²) >= 11 is 0. The molecule has 1 heterocycles. The zero-order chi connectivity index (χ0) is 17.8. The molecule has 0 aliphatic rings. The summed E-state index contributed by atoms with van der Waals surface area (Å²) < 4.78 is 15.2. The number of halogens is 1. The molecule has 0 saturated carbocycles. The predicted molar refractivity (Wildman–Crippen MR) is 94.1 cm³/mol. The van der Waals surface area contributed by atoms with E-state index in [2.05, 4.69) is 10.4 Å². The smallest absolute Gasteiger partial charge is 0.275 e. The Hall–Kier alpha value is -3.02. The first-order valence-electron chi connectivity index (χ1n) is 8.13. The van der Waals surface area contributed by atoms with Crippen molar-refractivity contribution < 1.29 is 9.18 Å². The summed E-state index contributed by atoms with van der Waals surface area (Å²) in [6.45, 7) is 2.65. The molecule has 5 nitrogen and oxygen atoms in total. The van der Waals surface area contributed by atoms with Gasteiger partial charge in [-0.3, -0.25) is 14.3 Å². The summed E-state index contributed by atoms with van der Waals surface area (Å²) in [6, 6.07) is 13.5. The molecule has 3 aromatic rings. The number of benzene rings is 2. The Morgan fingerprint density at radius 3 is 2.64 bits per heavy atom. The van der Waals surface area contributed by atoms with Crippen molar-refractivity contribution in [3.8, 4) is 0 Å². The van der Waals surface area contributed by atoms with Crippen LogP contribution in [-0.2, 0) is 13.0 Å². The van der Waals surface area contributed by atoms with Crippen LogP contribution in [0.1, 0.15) is 23.0 Å². The third-order valence-corrected chi connectivity index (χ3v) is 4.01. The molecule has 0 saturated heterocycles. The highest BCUT2D eigenvalue weighted by molar-refractivity contribution is 5.95. The van der Waals surface area contributed by atoms with Crippen LogP contribution in [0, 0.1) is 5.82 Å². The lowest BCUT2D eigenvalue weighted by molar-refractivity contribution is 0.0946. The van der Waals surface area contributed by atoms with Crippen LogP contribution in [0.25, 0.3) is 10.9 Å². The number of hydrogen-bond acceptors (Lipinski definition) is 3. The SMILES string of the molecule is CCn1nc(C(=O)NCCc2ccccc2F)c(=O)c2ccccc21. The van der Waals surface area contributed by atoms with Crippen molar-refractivity contribution in [2.45, 2.75) is 19.9 Å². The summed E-state index contributed by atoms with van der Waals surface area (Å²) in [7, 11) is 0. The van der Waals surface area contributed by atoms with Crippen molar-refractivity contribution in [1.82, 2.24) is 15.1 Å². The Morgan fingerprint density at radius 1 is 1.16 bits per heavy atom. The molecular weight excluding hydrogens is 321 g/mol. The summed E-state index contributed by atoms with van der Waals surface area (Å²) in [5, 5.41) is 7.29. The number of carbonyl (C=O) groups excluding carboxylic acids is 1. The van der Waals surface area contributed by atoms with E-state index in [4.69, 9.17) is 0 Å². The van der Waals surface area contributed by atoms with Gasteiger partial charge in [-0.1, -0.05) is 30.3 Å². The molecule has 3 rings (SSSR count). The Kier molecular flexibility index (Phi) is 4.88. The molecule has 0 spiro atoms. The van der Waals surface area contributed by atoms with Crippen molar-refractivity contribution >= 4 is 16.8 Å². The minimum absolute atomic E-state index is 0.144. The maximum absolute atomic E-state index is 13.6. The van der Waals surface area contributed by atoms with E-state index >= 15 is 0 Å². The molecule has 0 bridgehead atoms. The van der Waals surface area contributed by atoms with Crippen molar-refractivity contribution in [3.63, 3.8) is 0 Å². The number of rotatable bonds is 5. The first-order valence-corrected chi connectivity index (χ1v) is 8.13. The average molecular weight is 339 g/mol. The second-order valence-electron chi connectivity index (χ2n) is 5.61. The van der Waals surface area contributed by atoms with Gasteiger partial charge >= 0.3 is 0 Å². The zero-order valence-electron chi connectivity index (χ0n) is 13.8. The molecule has 1 amide bonds. The van der Waals surface area contributed by atoms with Crippen LogP contribution in [0.15, 0.2) is 53.3 Å². The molecule has 128 valence electrons. The third-order valence-electron chi connectivity index (χ3n) is 4.01. The van der Waals surface area contributed by atoms with Gasteiger partial charge in [-0.2, -0.15) is 5.10 Å². The van der Waals surface area contributed by atoms with Gasteiger partial charge in [0.2, 0.25) is 5.43 Å². The second kappa shape index (κ2) is 7.25. The maximum atomic E-state index is 13.6. The van der Waals surface area contributed by atoms with E-state index in [1.807, 2.05) is 13.0 Å². The lowest BCUT2D eigenvalue weighted by Gasteiger charge is -2.10. The lowest BCUT2D eigenvalue weighted by atomic mass is 10.1. The molecule has 0 aliphatic carbocycles. The van der Waals surface area contributed by atoms with Crippen molar-refractivity contribution in [2.24, 2.45) is 0 Å². The van der Waals surface area contributed by atoms with E-state index in [1.165, 1.54) is 6.07 Å². The molecule has 25 heavy (non-hydrogen) atoms. The molecule has 0 aliphatic heterocycles. The van der Waals surface area contributed by atoms with Crippen molar-refractivity contribution in [3.05, 3.63) is 75.8 Å². The van der Waals surface area contributed by atoms with Crippen LogP contribution in [0.2, 0.25) is 0 Å². The van der Waals surface area contributed by atoms with E-state index in [9.17, 15) is 14.0 Å². The fraction of sp³-hybridized carbons (Fsp3) is 0.211. The fourth-order valence-electron chi connectivity index (χ4n) is 2.72. The maximum Gasteiger partial charge on any atom is 0.275 e. The number of carbonyl (C=O) groups is 1. The zero-order valence-corrected chi connectivity index (χ0v) is 13.8. The Balaban J connectivity index is 1.81. The van der Waals surface area contributed by atoms with Gasteiger partial charge in [0, 0.05) is 18.5 Å². The number of nitrogens with zero attached hydrogens (tertiary/aromatic N) is 2. The average Bonchev–Trinajstić information content (AvgIpc) is 2.64. The van der Waals surface area contributed by atoms with Crippen LogP contribution in [0.3, 0.4) is 0 Å². The minimum atomic E-state index is -0.547. The topological polar surface area (TPSA) is 64.0 Å². The lowest BCUT2D eigenvalue weighted by Crippen LogP contribution is -2.33. The number of fused-ring (bicyclic) bond motifs is 1. The van der Waals surface area contributed by atoms with E-state index in [1.54, 1.807) is 41.1 Å². The fourth-order valence-corrected chi connectivity index (χ4v) is 2.72. The Labute approximate surface area is 144 Å². The van der Waals surface area contributed by atoms with E-state index in [0.29, 0.717) is 29.4 Å². The van der Waals surface area contributed by atoms with Crippen LogP contribution >= 0.6 is 0 Å². The summed E-state index contributed by atoms with van der Waals surface area (Å²) in [5.41, 5.74) is 0.663. The van der Waals surface area contributed by atoms with Gasteiger partial charge in [-0.25, -0.2) is 4.39 Å². The second-order valence-corrected chi connectivity index (χ2v) is 5.61. The van der Waals surface area contributed by atoms with E-state index < -0.39 is 11.3 Å². The third kappa shape index (κ3) is 3.42. The Bertz CT molecular complexity index is 982. The first-order chi connectivity index (χ1) is 12.1. The van der Waals surface area contributed by atoms with Gasteiger partial charge in [-0.05, 0) is 37.1 Å². The Morgan fingerprint density at radius 2 is 1.88 bits per heavy atom. The molecule has 1 aromatic heterocycles.